The normalized spacial score (nSPS) is 11.8. The van der Waals surface area contributed by atoms with Crippen molar-refractivity contribution in [3.63, 3.8) is 0 Å². The summed E-state index contributed by atoms with van der Waals surface area (Å²) in [7, 11) is 1.37. The van der Waals surface area contributed by atoms with Gasteiger partial charge in [0.2, 0.25) is 0 Å². The molecule has 0 aliphatic heterocycles. The first kappa shape index (κ1) is 15.4. The molecule has 2 rings (SSSR count). The molecule has 1 N–H and O–H groups in total. The lowest BCUT2D eigenvalue weighted by molar-refractivity contribution is -0.141. The Balaban J connectivity index is 2.28. The highest BCUT2D eigenvalue weighted by molar-refractivity contribution is 6.31. The van der Waals surface area contributed by atoms with Crippen LogP contribution >= 0.6 is 11.6 Å². The van der Waals surface area contributed by atoms with Crippen LogP contribution < -0.4 is 5.32 Å². The third-order valence-corrected chi connectivity index (χ3v) is 3.67. The molecule has 0 aromatic heterocycles. The summed E-state index contributed by atoms with van der Waals surface area (Å²) in [4.78, 5) is 12.0. The molecule has 3 nitrogen and oxygen atoms in total. The van der Waals surface area contributed by atoms with E-state index in [1.807, 2.05) is 42.5 Å². The molecule has 1 atom stereocenters. The third-order valence-electron chi connectivity index (χ3n) is 3.33. The van der Waals surface area contributed by atoms with Crippen molar-refractivity contribution in [1.29, 1.82) is 0 Å². The minimum Gasteiger partial charge on any atom is -0.467 e. The van der Waals surface area contributed by atoms with E-state index in [4.69, 9.17) is 16.3 Å². The second-order valence-electron chi connectivity index (χ2n) is 4.67. The van der Waals surface area contributed by atoms with Gasteiger partial charge < -0.3 is 10.1 Å². The van der Waals surface area contributed by atoms with E-state index in [1.54, 1.807) is 6.07 Å². The highest BCUT2D eigenvalue weighted by Gasteiger charge is 2.23. The first-order chi connectivity index (χ1) is 10.2. The minimum absolute atomic E-state index is 0.373. The smallest absolute Gasteiger partial charge is 0.333 e. The zero-order chi connectivity index (χ0) is 15.2. The van der Waals surface area contributed by atoms with Gasteiger partial charge in [-0.3, -0.25) is 0 Å². The first-order valence-corrected chi connectivity index (χ1v) is 7.21. The second-order valence-corrected chi connectivity index (χ2v) is 5.08. The van der Waals surface area contributed by atoms with Crippen LogP contribution in [-0.4, -0.2) is 13.1 Å². The van der Waals surface area contributed by atoms with Gasteiger partial charge in [0, 0.05) is 16.3 Å². The van der Waals surface area contributed by atoms with Gasteiger partial charge in [0.1, 0.15) is 0 Å². The SMILES string of the molecule is CCc1ccc(NC(C(=O)OC)c2ccccc2Cl)cc1. The number of ether oxygens (including phenoxy) is 1. The van der Waals surface area contributed by atoms with Crippen molar-refractivity contribution >= 4 is 23.3 Å². The molecule has 21 heavy (non-hydrogen) atoms. The Labute approximate surface area is 129 Å². The van der Waals surface area contributed by atoms with Crippen molar-refractivity contribution in [2.75, 3.05) is 12.4 Å². The van der Waals surface area contributed by atoms with Crippen LogP contribution in [0.15, 0.2) is 48.5 Å². The minimum atomic E-state index is -0.629. The monoisotopic (exact) mass is 303 g/mol. The van der Waals surface area contributed by atoms with Crippen LogP contribution in [0.3, 0.4) is 0 Å². The summed E-state index contributed by atoms with van der Waals surface area (Å²) in [6.07, 6.45) is 0.977. The molecule has 1 unspecified atom stereocenters. The molecule has 0 fully saturated rings. The fraction of sp³-hybridized carbons (Fsp3) is 0.235. The van der Waals surface area contributed by atoms with E-state index in [0.29, 0.717) is 10.6 Å². The molecule has 4 heteroatoms. The molecular formula is C17H18ClNO2. The Hall–Kier alpha value is -2.00. The van der Waals surface area contributed by atoms with Gasteiger partial charge in [0.15, 0.2) is 6.04 Å². The summed E-state index contributed by atoms with van der Waals surface area (Å²) in [5, 5.41) is 3.71. The average molecular weight is 304 g/mol. The maximum absolute atomic E-state index is 12.0. The van der Waals surface area contributed by atoms with Crippen LogP contribution in [0, 0.1) is 0 Å². The van der Waals surface area contributed by atoms with Crippen LogP contribution in [0.25, 0.3) is 0 Å². The molecule has 0 saturated heterocycles. The van der Waals surface area contributed by atoms with Crippen LogP contribution in [0.4, 0.5) is 5.69 Å². The number of nitrogens with one attached hydrogen (secondary N) is 1. The van der Waals surface area contributed by atoms with Gasteiger partial charge in [-0.15, -0.1) is 0 Å². The maximum atomic E-state index is 12.0. The molecule has 0 bridgehead atoms. The molecular weight excluding hydrogens is 286 g/mol. The third kappa shape index (κ3) is 3.76. The van der Waals surface area contributed by atoms with Crippen molar-refractivity contribution in [2.45, 2.75) is 19.4 Å². The number of esters is 1. The summed E-state index contributed by atoms with van der Waals surface area (Å²) >= 11 is 6.19. The molecule has 0 amide bonds. The van der Waals surface area contributed by atoms with Crippen LogP contribution in [0.1, 0.15) is 24.1 Å². The van der Waals surface area contributed by atoms with Crippen molar-refractivity contribution in [1.82, 2.24) is 0 Å². The standard InChI is InChI=1S/C17H18ClNO2/c1-3-12-8-10-13(11-9-12)19-16(17(20)21-2)14-6-4-5-7-15(14)18/h4-11,16,19H,3H2,1-2H3. The van der Waals surface area contributed by atoms with E-state index >= 15 is 0 Å². The molecule has 0 spiro atoms. The summed E-state index contributed by atoms with van der Waals surface area (Å²) in [5.41, 5.74) is 2.79. The average Bonchev–Trinajstić information content (AvgIpc) is 2.53. The number of anilines is 1. The fourth-order valence-electron chi connectivity index (χ4n) is 2.09. The van der Waals surface area contributed by atoms with E-state index < -0.39 is 6.04 Å². The second kappa shape index (κ2) is 7.14. The number of carbonyl (C=O) groups is 1. The Kier molecular flexibility index (Phi) is 5.23. The molecule has 0 heterocycles. The fourth-order valence-corrected chi connectivity index (χ4v) is 2.34. The van der Waals surface area contributed by atoms with Gasteiger partial charge in [0.05, 0.1) is 7.11 Å². The van der Waals surface area contributed by atoms with E-state index in [-0.39, 0.29) is 5.97 Å². The maximum Gasteiger partial charge on any atom is 0.333 e. The lowest BCUT2D eigenvalue weighted by Gasteiger charge is -2.19. The van der Waals surface area contributed by atoms with Crippen molar-refractivity contribution in [3.05, 3.63) is 64.7 Å². The molecule has 0 aliphatic carbocycles. The zero-order valence-electron chi connectivity index (χ0n) is 12.1. The zero-order valence-corrected chi connectivity index (χ0v) is 12.9. The summed E-state index contributed by atoms with van der Waals surface area (Å²) < 4.78 is 4.88. The van der Waals surface area contributed by atoms with E-state index in [1.165, 1.54) is 12.7 Å². The number of aryl methyl sites for hydroxylation is 1. The highest BCUT2D eigenvalue weighted by atomic mass is 35.5. The quantitative estimate of drug-likeness (QED) is 0.840. The topological polar surface area (TPSA) is 38.3 Å². The number of methoxy groups -OCH3 is 1. The first-order valence-electron chi connectivity index (χ1n) is 6.83. The number of carbonyl (C=O) groups excluding carboxylic acids is 1. The highest BCUT2D eigenvalue weighted by Crippen LogP contribution is 2.27. The number of rotatable bonds is 5. The molecule has 110 valence electrons. The van der Waals surface area contributed by atoms with Crippen molar-refractivity contribution in [2.24, 2.45) is 0 Å². The van der Waals surface area contributed by atoms with Crippen LogP contribution in [-0.2, 0) is 16.0 Å². The lowest BCUT2D eigenvalue weighted by atomic mass is 10.1. The van der Waals surface area contributed by atoms with E-state index in [9.17, 15) is 4.79 Å². The summed E-state index contributed by atoms with van der Waals surface area (Å²) in [5.74, 6) is -0.373. The number of benzene rings is 2. The largest absolute Gasteiger partial charge is 0.467 e. The predicted octanol–water partition coefficient (Wildman–Crippen LogP) is 4.23. The van der Waals surface area contributed by atoms with Gasteiger partial charge in [-0.05, 0) is 30.2 Å². The predicted molar refractivity (Wildman–Crippen MR) is 85.7 cm³/mol. The summed E-state index contributed by atoms with van der Waals surface area (Å²) in [6, 6.07) is 14.6. The molecule has 0 radical (unpaired) electrons. The van der Waals surface area contributed by atoms with Crippen molar-refractivity contribution in [3.8, 4) is 0 Å². The Morgan fingerprint density at radius 3 is 2.43 bits per heavy atom. The molecule has 0 saturated carbocycles. The van der Waals surface area contributed by atoms with Gasteiger partial charge in [0.25, 0.3) is 0 Å². The van der Waals surface area contributed by atoms with Crippen LogP contribution in [0.5, 0.6) is 0 Å². The van der Waals surface area contributed by atoms with Gasteiger partial charge >= 0.3 is 5.97 Å². The lowest BCUT2D eigenvalue weighted by Crippen LogP contribution is -2.22. The van der Waals surface area contributed by atoms with E-state index in [0.717, 1.165) is 12.1 Å². The summed E-state index contributed by atoms with van der Waals surface area (Å²) in [6.45, 7) is 2.10. The molecule has 0 aliphatic rings. The van der Waals surface area contributed by atoms with Crippen molar-refractivity contribution < 1.29 is 9.53 Å². The van der Waals surface area contributed by atoms with E-state index in [2.05, 4.69) is 12.2 Å². The Morgan fingerprint density at radius 2 is 1.86 bits per heavy atom. The Morgan fingerprint density at radius 1 is 1.19 bits per heavy atom. The van der Waals surface area contributed by atoms with Gasteiger partial charge in [-0.1, -0.05) is 48.9 Å². The number of hydrogen-bond donors (Lipinski definition) is 1. The Bertz CT molecular complexity index is 610. The number of halogens is 1. The number of hydrogen-bond acceptors (Lipinski definition) is 3. The molecule has 2 aromatic carbocycles. The van der Waals surface area contributed by atoms with Gasteiger partial charge in [-0.2, -0.15) is 0 Å². The van der Waals surface area contributed by atoms with Crippen LogP contribution in [0.2, 0.25) is 5.02 Å². The van der Waals surface area contributed by atoms with Gasteiger partial charge in [-0.25, -0.2) is 4.79 Å². The molecule has 2 aromatic rings.